The summed E-state index contributed by atoms with van der Waals surface area (Å²) in [6.07, 6.45) is 1.65. The van der Waals surface area contributed by atoms with Crippen LogP contribution in [0.4, 0.5) is 5.69 Å². The van der Waals surface area contributed by atoms with Crippen molar-refractivity contribution in [2.24, 2.45) is 0 Å². The fourth-order valence-corrected chi connectivity index (χ4v) is 1.40. The molecule has 0 atom stereocenters. The zero-order valence-electron chi connectivity index (χ0n) is 10.1. The molecule has 0 aliphatic rings. The van der Waals surface area contributed by atoms with E-state index in [4.69, 9.17) is 9.47 Å². The summed E-state index contributed by atoms with van der Waals surface area (Å²) < 4.78 is 10.7. The highest BCUT2D eigenvalue weighted by Crippen LogP contribution is 2.17. The first-order valence-electron chi connectivity index (χ1n) is 5.67. The van der Waals surface area contributed by atoms with Crippen molar-refractivity contribution in [3.63, 3.8) is 0 Å². The molecule has 98 valence electrons. The average Bonchev–Trinajstić information content (AvgIpc) is 2.45. The molecule has 0 amide bonds. The molecule has 0 N–H and O–H groups in total. The number of aromatic nitrogens is 1. The molecular weight excluding hydrogens is 248 g/mol. The SMILES string of the molecule is O=[N+]([O-])c1ccc(OCCOc2ccccn2)cc1. The summed E-state index contributed by atoms with van der Waals surface area (Å²) in [5.74, 6) is 1.10. The normalized spacial score (nSPS) is 9.89. The third-order valence-electron chi connectivity index (χ3n) is 2.29. The number of nitrogens with zero attached hydrogens (tertiary/aromatic N) is 2. The maximum atomic E-state index is 10.5. The van der Waals surface area contributed by atoms with Gasteiger partial charge in [0.25, 0.3) is 5.69 Å². The van der Waals surface area contributed by atoms with Crippen LogP contribution in [0.5, 0.6) is 11.6 Å². The summed E-state index contributed by atoms with van der Waals surface area (Å²) in [6, 6.07) is 11.3. The molecule has 0 fully saturated rings. The summed E-state index contributed by atoms with van der Waals surface area (Å²) in [5, 5.41) is 10.5. The number of non-ortho nitro benzene ring substituents is 1. The lowest BCUT2D eigenvalue weighted by Gasteiger charge is -2.07. The summed E-state index contributed by atoms with van der Waals surface area (Å²) in [5.41, 5.74) is 0.0390. The molecule has 0 aliphatic carbocycles. The first-order valence-corrected chi connectivity index (χ1v) is 5.67. The van der Waals surface area contributed by atoms with E-state index in [1.54, 1.807) is 30.5 Å². The van der Waals surface area contributed by atoms with Crippen molar-refractivity contribution in [3.05, 3.63) is 58.8 Å². The van der Waals surface area contributed by atoms with Crippen LogP contribution in [-0.4, -0.2) is 23.1 Å². The summed E-state index contributed by atoms with van der Waals surface area (Å²) >= 11 is 0. The monoisotopic (exact) mass is 260 g/mol. The first-order chi connectivity index (χ1) is 9.25. The number of hydrogen-bond acceptors (Lipinski definition) is 5. The predicted molar refractivity (Wildman–Crippen MR) is 68.3 cm³/mol. The van der Waals surface area contributed by atoms with Crippen LogP contribution < -0.4 is 9.47 Å². The quantitative estimate of drug-likeness (QED) is 0.453. The average molecular weight is 260 g/mol. The molecule has 2 rings (SSSR count). The molecule has 0 bridgehead atoms. The van der Waals surface area contributed by atoms with Gasteiger partial charge in [-0.05, 0) is 18.2 Å². The van der Waals surface area contributed by atoms with Gasteiger partial charge in [0.2, 0.25) is 5.88 Å². The van der Waals surface area contributed by atoms with Crippen molar-refractivity contribution < 1.29 is 14.4 Å². The number of ether oxygens (including phenoxy) is 2. The lowest BCUT2D eigenvalue weighted by atomic mass is 10.3. The molecule has 2 aromatic rings. The molecule has 0 radical (unpaired) electrons. The molecule has 0 unspecified atom stereocenters. The Morgan fingerprint density at radius 2 is 1.79 bits per heavy atom. The number of pyridine rings is 1. The molecule has 0 saturated carbocycles. The molecule has 0 aliphatic heterocycles. The smallest absolute Gasteiger partial charge is 0.269 e. The Balaban J connectivity index is 1.75. The van der Waals surface area contributed by atoms with E-state index >= 15 is 0 Å². The van der Waals surface area contributed by atoms with Crippen LogP contribution >= 0.6 is 0 Å². The van der Waals surface area contributed by atoms with Crippen LogP contribution in [-0.2, 0) is 0 Å². The van der Waals surface area contributed by atoms with Crippen LogP contribution in [0.1, 0.15) is 0 Å². The van der Waals surface area contributed by atoms with Gasteiger partial charge in [0.05, 0.1) is 4.92 Å². The third-order valence-corrected chi connectivity index (χ3v) is 2.29. The van der Waals surface area contributed by atoms with Crippen molar-refractivity contribution in [2.75, 3.05) is 13.2 Å². The number of benzene rings is 1. The second-order valence-corrected chi connectivity index (χ2v) is 3.62. The van der Waals surface area contributed by atoms with Gasteiger partial charge in [-0.3, -0.25) is 10.1 Å². The maximum Gasteiger partial charge on any atom is 0.269 e. The van der Waals surface area contributed by atoms with E-state index in [1.165, 1.54) is 12.1 Å². The molecule has 1 aromatic carbocycles. The fraction of sp³-hybridized carbons (Fsp3) is 0.154. The standard InChI is InChI=1S/C13H12N2O4/c16-15(17)11-4-6-12(7-5-11)18-9-10-19-13-3-1-2-8-14-13/h1-8H,9-10H2. The second-order valence-electron chi connectivity index (χ2n) is 3.62. The Bertz CT molecular complexity index is 528. The van der Waals surface area contributed by atoms with Crippen LogP contribution in [0.25, 0.3) is 0 Å². The first kappa shape index (κ1) is 12.8. The van der Waals surface area contributed by atoms with Crippen molar-refractivity contribution in [2.45, 2.75) is 0 Å². The number of hydrogen-bond donors (Lipinski definition) is 0. The van der Waals surface area contributed by atoms with E-state index < -0.39 is 4.92 Å². The lowest BCUT2D eigenvalue weighted by molar-refractivity contribution is -0.384. The van der Waals surface area contributed by atoms with E-state index in [2.05, 4.69) is 4.98 Å². The van der Waals surface area contributed by atoms with Gasteiger partial charge < -0.3 is 9.47 Å². The molecule has 1 aromatic heterocycles. The Morgan fingerprint density at radius 3 is 2.42 bits per heavy atom. The number of nitro groups is 1. The van der Waals surface area contributed by atoms with Crippen LogP contribution in [0.15, 0.2) is 48.7 Å². The van der Waals surface area contributed by atoms with Gasteiger partial charge in [-0.15, -0.1) is 0 Å². The maximum absolute atomic E-state index is 10.5. The minimum atomic E-state index is -0.450. The largest absolute Gasteiger partial charge is 0.490 e. The zero-order valence-corrected chi connectivity index (χ0v) is 10.1. The van der Waals surface area contributed by atoms with Crippen LogP contribution in [0, 0.1) is 10.1 Å². The van der Waals surface area contributed by atoms with E-state index in [0.717, 1.165) is 0 Å². The predicted octanol–water partition coefficient (Wildman–Crippen LogP) is 2.45. The zero-order chi connectivity index (χ0) is 13.5. The fourth-order valence-electron chi connectivity index (χ4n) is 1.40. The molecular formula is C13H12N2O4. The Labute approximate surface area is 109 Å². The van der Waals surface area contributed by atoms with E-state index in [1.807, 2.05) is 6.07 Å². The van der Waals surface area contributed by atoms with Gasteiger partial charge >= 0.3 is 0 Å². The minimum Gasteiger partial charge on any atom is -0.490 e. The van der Waals surface area contributed by atoms with Gasteiger partial charge in [-0.25, -0.2) is 4.98 Å². The highest BCUT2D eigenvalue weighted by Gasteiger charge is 2.04. The van der Waals surface area contributed by atoms with E-state index in [9.17, 15) is 10.1 Å². The van der Waals surface area contributed by atoms with E-state index in [-0.39, 0.29) is 5.69 Å². The van der Waals surface area contributed by atoms with Crippen molar-refractivity contribution in [1.29, 1.82) is 0 Å². The van der Waals surface area contributed by atoms with Gasteiger partial charge in [0.1, 0.15) is 19.0 Å². The molecule has 0 saturated heterocycles. The minimum absolute atomic E-state index is 0.0390. The van der Waals surface area contributed by atoms with Gasteiger partial charge in [0.15, 0.2) is 0 Å². The highest BCUT2D eigenvalue weighted by molar-refractivity contribution is 5.35. The van der Waals surface area contributed by atoms with Gasteiger partial charge in [-0.1, -0.05) is 6.07 Å². The summed E-state index contributed by atoms with van der Waals surface area (Å²) in [4.78, 5) is 14.0. The summed E-state index contributed by atoms with van der Waals surface area (Å²) in [6.45, 7) is 0.697. The molecule has 6 nitrogen and oxygen atoms in total. The van der Waals surface area contributed by atoms with Crippen LogP contribution in [0.3, 0.4) is 0 Å². The molecule has 19 heavy (non-hydrogen) atoms. The Hall–Kier alpha value is -2.63. The van der Waals surface area contributed by atoms with Gasteiger partial charge in [0, 0.05) is 24.4 Å². The van der Waals surface area contributed by atoms with Crippen molar-refractivity contribution in [3.8, 4) is 11.6 Å². The third kappa shape index (κ3) is 3.95. The highest BCUT2D eigenvalue weighted by atomic mass is 16.6. The Morgan fingerprint density at radius 1 is 1.05 bits per heavy atom. The van der Waals surface area contributed by atoms with E-state index in [0.29, 0.717) is 24.8 Å². The van der Waals surface area contributed by atoms with Gasteiger partial charge in [-0.2, -0.15) is 0 Å². The number of rotatable bonds is 6. The second kappa shape index (κ2) is 6.34. The topological polar surface area (TPSA) is 74.5 Å². The molecule has 1 heterocycles. The van der Waals surface area contributed by atoms with Crippen molar-refractivity contribution in [1.82, 2.24) is 4.98 Å². The van der Waals surface area contributed by atoms with Crippen LogP contribution in [0.2, 0.25) is 0 Å². The number of nitro benzene ring substituents is 1. The lowest BCUT2D eigenvalue weighted by Crippen LogP contribution is -2.09. The molecule has 0 spiro atoms. The Kier molecular flexibility index (Phi) is 4.28. The molecule has 6 heteroatoms. The van der Waals surface area contributed by atoms with Crippen molar-refractivity contribution >= 4 is 5.69 Å². The summed E-state index contributed by atoms with van der Waals surface area (Å²) in [7, 11) is 0.